The van der Waals surface area contributed by atoms with E-state index in [1.54, 1.807) is 0 Å². The standard InChI is InChI=1S/C26H30N2O2/c1-17(2)18-6-8-19(9-7-18)25-22-5-3-4-21(22)23-16-20(10-11-24(23)27-25)26(29)28-12-14-30-15-13-28/h3-4,6-11,16-17,21-22,25,27H,5,12-15H2,1-2H3. The lowest BCUT2D eigenvalue weighted by Gasteiger charge is -2.38. The summed E-state index contributed by atoms with van der Waals surface area (Å²) in [5, 5.41) is 3.79. The first kappa shape index (κ1) is 19.4. The molecule has 0 radical (unpaired) electrons. The number of ether oxygens (including phenoxy) is 1. The number of hydrogen-bond acceptors (Lipinski definition) is 3. The Morgan fingerprint density at radius 1 is 1.10 bits per heavy atom. The molecule has 1 N–H and O–H groups in total. The Bertz CT molecular complexity index is 957. The zero-order valence-corrected chi connectivity index (χ0v) is 17.8. The summed E-state index contributed by atoms with van der Waals surface area (Å²) in [7, 11) is 0. The van der Waals surface area contributed by atoms with Crippen molar-refractivity contribution in [3.63, 3.8) is 0 Å². The van der Waals surface area contributed by atoms with E-state index in [0.29, 0.717) is 50.1 Å². The number of benzene rings is 2. The van der Waals surface area contributed by atoms with E-state index in [2.05, 4.69) is 67.7 Å². The second kappa shape index (κ2) is 7.92. The highest BCUT2D eigenvalue weighted by atomic mass is 16.5. The van der Waals surface area contributed by atoms with Crippen LogP contribution in [-0.2, 0) is 4.74 Å². The molecule has 30 heavy (non-hydrogen) atoms. The Labute approximate surface area is 178 Å². The Balaban J connectivity index is 1.44. The van der Waals surface area contributed by atoms with E-state index in [1.165, 1.54) is 16.7 Å². The van der Waals surface area contributed by atoms with Gasteiger partial charge < -0.3 is 15.0 Å². The first-order chi connectivity index (χ1) is 14.6. The number of anilines is 1. The molecule has 0 saturated carbocycles. The summed E-state index contributed by atoms with van der Waals surface area (Å²) in [5.74, 6) is 1.50. The highest BCUT2D eigenvalue weighted by Crippen LogP contribution is 2.50. The van der Waals surface area contributed by atoms with Crippen LogP contribution in [-0.4, -0.2) is 37.1 Å². The van der Waals surface area contributed by atoms with Gasteiger partial charge >= 0.3 is 0 Å². The van der Waals surface area contributed by atoms with Crippen LogP contribution in [0.3, 0.4) is 0 Å². The SMILES string of the molecule is CC(C)c1ccc(C2Nc3ccc(C(=O)N4CCOCC4)cc3C3C=CCC32)cc1. The molecular formula is C26H30N2O2. The summed E-state index contributed by atoms with van der Waals surface area (Å²) in [6.07, 6.45) is 5.70. The maximum atomic E-state index is 13.0. The molecule has 2 aromatic rings. The van der Waals surface area contributed by atoms with Crippen molar-refractivity contribution in [2.75, 3.05) is 31.6 Å². The lowest BCUT2D eigenvalue weighted by molar-refractivity contribution is 0.0303. The van der Waals surface area contributed by atoms with Crippen LogP contribution >= 0.6 is 0 Å². The molecule has 5 rings (SSSR count). The molecule has 1 amide bonds. The summed E-state index contributed by atoms with van der Waals surface area (Å²) < 4.78 is 5.39. The van der Waals surface area contributed by atoms with Gasteiger partial charge in [0.2, 0.25) is 0 Å². The Morgan fingerprint density at radius 3 is 2.60 bits per heavy atom. The zero-order valence-electron chi connectivity index (χ0n) is 17.8. The number of carbonyl (C=O) groups is 1. The molecule has 3 atom stereocenters. The molecule has 1 aliphatic carbocycles. The Kier molecular flexibility index (Phi) is 5.11. The summed E-state index contributed by atoms with van der Waals surface area (Å²) in [6.45, 7) is 7.07. The van der Waals surface area contributed by atoms with Crippen molar-refractivity contribution < 1.29 is 9.53 Å². The second-order valence-electron chi connectivity index (χ2n) is 9.00. The number of hydrogen-bond donors (Lipinski definition) is 1. The van der Waals surface area contributed by atoms with Crippen LogP contribution < -0.4 is 5.32 Å². The van der Waals surface area contributed by atoms with E-state index in [-0.39, 0.29) is 5.91 Å². The fraction of sp³-hybridized carbons (Fsp3) is 0.423. The van der Waals surface area contributed by atoms with E-state index in [4.69, 9.17) is 4.74 Å². The first-order valence-corrected chi connectivity index (χ1v) is 11.2. The maximum absolute atomic E-state index is 13.0. The second-order valence-corrected chi connectivity index (χ2v) is 9.00. The molecule has 2 aliphatic heterocycles. The van der Waals surface area contributed by atoms with Gasteiger partial charge in [0, 0.05) is 30.3 Å². The molecule has 4 heteroatoms. The molecule has 3 aliphatic rings. The van der Waals surface area contributed by atoms with E-state index in [0.717, 1.165) is 17.7 Å². The van der Waals surface area contributed by atoms with Gasteiger partial charge in [-0.25, -0.2) is 0 Å². The number of allylic oxidation sites excluding steroid dienone is 2. The topological polar surface area (TPSA) is 41.6 Å². The molecule has 0 aromatic heterocycles. The fourth-order valence-corrected chi connectivity index (χ4v) is 5.09. The molecule has 0 spiro atoms. The average molecular weight is 403 g/mol. The van der Waals surface area contributed by atoms with Crippen molar-refractivity contribution in [3.05, 3.63) is 76.9 Å². The first-order valence-electron chi connectivity index (χ1n) is 11.2. The summed E-state index contributed by atoms with van der Waals surface area (Å²) >= 11 is 0. The lowest BCUT2D eigenvalue weighted by atomic mass is 9.76. The maximum Gasteiger partial charge on any atom is 0.254 e. The number of amides is 1. The smallest absolute Gasteiger partial charge is 0.254 e. The zero-order chi connectivity index (χ0) is 20.7. The van der Waals surface area contributed by atoms with E-state index in [9.17, 15) is 4.79 Å². The van der Waals surface area contributed by atoms with Crippen molar-refractivity contribution in [3.8, 4) is 0 Å². The molecule has 1 saturated heterocycles. The van der Waals surface area contributed by atoms with Crippen LogP contribution in [0.4, 0.5) is 5.69 Å². The lowest BCUT2D eigenvalue weighted by Crippen LogP contribution is -2.40. The highest BCUT2D eigenvalue weighted by molar-refractivity contribution is 5.95. The van der Waals surface area contributed by atoms with Gasteiger partial charge in [-0.3, -0.25) is 4.79 Å². The van der Waals surface area contributed by atoms with Crippen molar-refractivity contribution in [1.29, 1.82) is 0 Å². The van der Waals surface area contributed by atoms with Gasteiger partial charge in [0.25, 0.3) is 5.91 Å². The van der Waals surface area contributed by atoms with Crippen LogP contribution in [0.25, 0.3) is 0 Å². The van der Waals surface area contributed by atoms with Crippen molar-refractivity contribution in [1.82, 2.24) is 4.90 Å². The van der Waals surface area contributed by atoms with Crippen molar-refractivity contribution in [2.45, 2.75) is 38.1 Å². The van der Waals surface area contributed by atoms with Crippen LogP contribution in [0.15, 0.2) is 54.6 Å². The number of rotatable bonds is 3. The third kappa shape index (κ3) is 3.43. The van der Waals surface area contributed by atoms with E-state index in [1.807, 2.05) is 11.0 Å². The highest BCUT2D eigenvalue weighted by Gasteiger charge is 2.38. The minimum atomic E-state index is 0.117. The normalized spacial score (nSPS) is 25.0. The molecule has 156 valence electrons. The largest absolute Gasteiger partial charge is 0.378 e. The number of nitrogens with zero attached hydrogens (tertiary/aromatic N) is 1. The van der Waals surface area contributed by atoms with Gasteiger partial charge in [0.05, 0.1) is 19.3 Å². The quantitative estimate of drug-likeness (QED) is 0.726. The molecule has 3 unspecified atom stereocenters. The van der Waals surface area contributed by atoms with Crippen LogP contribution in [0.2, 0.25) is 0 Å². The fourth-order valence-electron chi connectivity index (χ4n) is 5.09. The van der Waals surface area contributed by atoms with Crippen molar-refractivity contribution in [2.24, 2.45) is 5.92 Å². The molecule has 2 heterocycles. The minimum Gasteiger partial charge on any atom is -0.378 e. The van der Waals surface area contributed by atoms with Crippen LogP contribution in [0, 0.1) is 5.92 Å². The molecule has 1 fully saturated rings. The molecule has 4 nitrogen and oxygen atoms in total. The number of morpholine rings is 1. The van der Waals surface area contributed by atoms with Gasteiger partial charge in [-0.15, -0.1) is 0 Å². The summed E-state index contributed by atoms with van der Waals surface area (Å²) in [5.41, 5.74) is 5.91. The number of fused-ring (bicyclic) bond motifs is 3. The molecule has 2 aromatic carbocycles. The molecular weight excluding hydrogens is 372 g/mol. The van der Waals surface area contributed by atoms with Gasteiger partial charge in [-0.2, -0.15) is 0 Å². The van der Waals surface area contributed by atoms with Gasteiger partial charge in [-0.05, 0) is 53.1 Å². The minimum absolute atomic E-state index is 0.117. The van der Waals surface area contributed by atoms with Crippen molar-refractivity contribution >= 4 is 11.6 Å². The number of nitrogens with one attached hydrogen (secondary N) is 1. The van der Waals surface area contributed by atoms with E-state index < -0.39 is 0 Å². The van der Waals surface area contributed by atoms with Gasteiger partial charge in [0.15, 0.2) is 0 Å². The van der Waals surface area contributed by atoms with Crippen LogP contribution in [0.1, 0.15) is 65.2 Å². The van der Waals surface area contributed by atoms with Gasteiger partial charge in [0.1, 0.15) is 0 Å². The third-order valence-electron chi connectivity index (χ3n) is 6.87. The van der Waals surface area contributed by atoms with E-state index >= 15 is 0 Å². The summed E-state index contributed by atoms with van der Waals surface area (Å²) in [6, 6.07) is 15.6. The average Bonchev–Trinajstić information content (AvgIpc) is 3.29. The number of carbonyl (C=O) groups excluding carboxylic acids is 1. The Morgan fingerprint density at radius 2 is 1.87 bits per heavy atom. The Hall–Kier alpha value is -2.59. The van der Waals surface area contributed by atoms with Gasteiger partial charge in [-0.1, -0.05) is 50.3 Å². The summed E-state index contributed by atoms with van der Waals surface area (Å²) in [4.78, 5) is 14.9. The monoisotopic (exact) mass is 402 g/mol. The third-order valence-corrected chi connectivity index (χ3v) is 6.87. The predicted octanol–water partition coefficient (Wildman–Crippen LogP) is 5.11. The molecule has 0 bridgehead atoms. The van der Waals surface area contributed by atoms with Crippen LogP contribution in [0.5, 0.6) is 0 Å². The predicted molar refractivity (Wildman–Crippen MR) is 120 cm³/mol.